The Morgan fingerprint density at radius 2 is 2.40 bits per heavy atom. The molecule has 0 saturated heterocycles. The molecule has 0 N–H and O–H groups in total. The third-order valence-electron chi connectivity index (χ3n) is 1.31. The second-order valence-corrected chi connectivity index (χ2v) is 2.71. The molecule has 0 amide bonds. The van der Waals surface area contributed by atoms with Crippen LogP contribution in [0.3, 0.4) is 0 Å². The third kappa shape index (κ3) is 0.724. The van der Waals surface area contributed by atoms with Crippen molar-refractivity contribution in [3.8, 4) is 0 Å². The van der Waals surface area contributed by atoms with Gasteiger partial charge in [-0.1, -0.05) is 10.6 Å². The fourth-order valence-electron chi connectivity index (χ4n) is 0.852. The van der Waals surface area contributed by atoms with Gasteiger partial charge in [0.05, 0.1) is 0 Å². The predicted molar refractivity (Wildman–Crippen MR) is 39.7 cm³/mol. The zero-order valence-electron chi connectivity index (χ0n) is 5.11. The minimum Gasteiger partial charge on any atom is -0.159 e. The van der Waals surface area contributed by atoms with Gasteiger partial charge in [-0.05, 0) is 6.07 Å². The van der Waals surface area contributed by atoms with Crippen LogP contribution in [0.2, 0.25) is 0 Å². The van der Waals surface area contributed by atoms with Crippen LogP contribution in [0.25, 0.3) is 5.65 Å². The molecule has 10 heavy (non-hydrogen) atoms. The lowest BCUT2D eigenvalue weighted by atomic mass is 10.5. The molecule has 3 nitrogen and oxygen atoms in total. The SMILES string of the molecule is Br[n+]1cnn2ccccc21. The van der Waals surface area contributed by atoms with Crippen molar-refractivity contribution in [3.63, 3.8) is 0 Å². The lowest BCUT2D eigenvalue weighted by Gasteiger charge is -1.80. The zero-order chi connectivity index (χ0) is 6.97. The minimum absolute atomic E-state index is 1.02. The van der Waals surface area contributed by atoms with E-state index in [9.17, 15) is 0 Å². The van der Waals surface area contributed by atoms with E-state index in [1.807, 2.05) is 24.4 Å². The van der Waals surface area contributed by atoms with E-state index in [1.165, 1.54) is 0 Å². The van der Waals surface area contributed by atoms with Gasteiger partial charge in [0.15, 0.2) is 16.1 Å². The van der Waals surface area contributed by atoms with Gasteiger partial charge in [0.25, 0.3) is 12.0 Å². The second kappa shape index (κ2) is 2.05. The number of aromatic nitrogens is 3. The lowest BCUT2D eigenvalue weighted by Crippen LogP contribution is -2.15. The van der Waals surface area contributed by atoms with Crippen molar-refractivity contribution in [2.45, 2.75) is 0 Å². The molecular weight excluding hydrogens is 194 g/mol. The molecule has 0 aromatic carbocycles. The van der Waals surface area contributed by atoms with Crippen LogP contribution in [-0.4, -0.2) is 9.61 Å². The van der Waals surface area contributed by atoms with Crippen LogP contribution in [0, 0.1) is 0 Å². The molecule has 0 radical (unpaired) electrons. The summed E-state index contributed by atoms with van der Waals surface area (Å²) in [5, 5.41) is 4.05. The lowest BCUT2D eigenvalue weighted by molar-refractivity contribution is -0.443. The zero-order valence-corrected chi connectivity index (χ0v) is 6.69. The second-order valence-electron chi connectivity index (χ2n) is 1.95. The summed E-state index contributed by atoms with van der Waals surface area (Å²) in [6, 6.07) is 5.88. The topological polar surface area (TPSA) is 21.2 Å². The Kier molecular flexibility index (Phi) is 1.20. The van der Waals surface area contributed by atoms with Gasteiger partial charge in [0.1, 0.15) is 6.20 Å². The minimum atomic E-state index is 1.02. The van der Waals surface area contributed by atoms with E-state index >= 15 is 0 Å². The molecule has 0 aliphatic rings. The largest absolute Gasteiger partial charge is 0.276 e. The highest BCUT2D eigenvalue weighted by molar-refractivity contribution is 9.04. The van der Waals surface area contributed by atoms with E-state index in [0.29, 0.717) is 0 Å². The molecule has 0 aliphatic heterocycles. The van der Waals surface area contributed by atoms with Crippen molar-refractivity contribution >= 4 is 21.8 Å². The van der Waals surface area contributed by atoms with Crippen molar-refractivity contribution in [1.29, 1.82) is 0 Å². The molecule has 0 fully saturated rings. The van der Waals surface area contributed by atoms with Crippen LogP contribution in [0.1, 0.15) is 0 Å². The standard InChI is InChI=1S/C6H5BrN3/c7-9-5-8-10-4-2-1-3-6(9)10/h1-5H/q+1. The number of nitrogens with zero attached hydrogens (tertiary/aromatic N) is 3. The molecule has 2 aromatic heterocycles. The van der Waals surface area contributed by atoms with Crippen molar-refractivity contribution < 1.29 is 3.59 Å². The first-order valence-electron chi connectivity index (χ1n) is 2.88. The van der Waals surface area contributed by atoms with Gasteiger partial charge in [0, 0.05) is 11.2 Å². The Labute approximate surface area is 66.2 Å². The van der Waals surface area contributed by atoms with Crippen LogP contribution >= 0.6 is 16.1 Å². The highest BCUT2D eigenvalue weighted by Gasteiger charge is 2.04. The number of rotatable bonds is 0. The van der Waals surface area contributed by atoms with E-state index in [2.05, 4.69) is 21.2 Å². The average Bonchev–Trinajstić information content (AvgIpc) is 2.34. The quantitative estimate of drug-likeness (QED) is 0.614. The first-order valence-corrected chi connectivity index (χ1v) is 3.59. The van der Waals surface area contributed by atoms with E-state index < -0.39 is 0 Å². The van der Waals surface area contributed by atoms with Gasteiger partial charge in [-0.25, -0.2) is 0 Å². The third-order valence-corrected chi connectivity index (χ3v) is 1.86. The number of hydrogen-bond donors (Lipinski definition) is 0. The summed E-state index contributed by atoms with van der Waals surface area (Å²) in [6.07, 6.45) is 3.60. The fraction of sp³-hybridized carbons (Fsp3) is 0. The van der Waals surface area contributed by atoms with Gasteiger partial charge in [-0.2, -0.15) is 3.59 Å². The molecular formula is C6H5BrN3+. The maximum atomic E-state index is 4.05. The van der Waals surface area contributed by atoms with Crippen molar-refractivity contribution in [2.24, 2.45) is 0 Å². The van der Waals surface area contributed by atoms with E-state index in [-0.39, 0.29) is 0 Å². The van der Waals surface area contributed by atoms with Gasteiger partial charge < -0.3 is 0 Å². The summed E-state index contributed by atoms with van der Waals surface area (Å²) in [7, 11) is 0. The monoisotopic (exact) mass is 198 g/mol. The molecule has 2 rings (SSSR count). The summed E-state index contributed by atoms with van der Waals surface area (Å²) >= 11 is 3.30. The van der Waals surface area contributed by atoms with E-state index in [0.717, 1.165) is 5.65 Å². The number of hydrogen-bond acceptors (Lipinski definition) is 1. The smallest absolute Gasteiger partial charge is 0.159 e. The molecule has 0 saturated carbocycles. The number of fused-ring (bicyclic) bond motifs is 1. The first-order chi connectivity index (χ1) is 4.88. The Morgan fingerprint density at radius 1 is 1.50 bits per heavy atom. The highest BCUT2D eigenvalue weighted by Crippen LogP contribution is 1.94. The molecule has 0 spiro atoms. The van der Waals surface area contributed by atoms with E-state index in [1.54, 1.807) is 14.4 Å². The number of pyridine rings is 1. The average molecular weight is 199 g/mol. The summed E-state index contributed by atoms with van der Waals surface area (Å²) in [4.78, 5) is 0. The normalized spacial score (nSPS) is 10.5. The van der Waals surface area contributed by atoms with Crippen LogP contribution in [0.15, 0.2) is 30.7 Å². The van der Waals surface area contributed by atoms with Gasteiger partial charge >= 0.3 is 0 Å². The Balaban J connectivity index is 2.93. The molecule has 0 atom stereocenters. The fourth-order valence-corrected chi connectivity index (χ4v) is 1.22. The van der Waals surface area contributed by atoms with Crippen LogP contribution in [0.4, 0.5) is 0 Å². The summed E-state index contributed by atoms with van der Waals surface area (Å²) < 4.78 is 3.57. The maximum Gasteiger partial charge on any atom is 0.276 e. The summed E-state index contributed by atoms with van der Waals surface area (Å²) in [5.41, 5.74) is 1.02. The highest BCUT2D eigenvalue weighted by atomic mass is 79.9. The van der Waals surface area contributed by atoms with E-state index in [4.69, 9.17) is 0 Å². The molecule has 0 aliphatic carbocycles. The first kappa shape index (κ1) is 5.85. The molecule has 50 valence electrons. The summed E-state index contributed by atoms with van der Waals surface area (Å²) in [6.45, 7) is 0. The van der Waals surface area contributed by atoms with Gasteiger partial charge in [-0.15, -0.1) is 0 Å². The van der Waals surface area contributed by atoms with Crippen molar-refractivity contribution in [3.05, 3.63) is 30.7 Å². The van der Waals surface area contributed by atoms with Crippen LogP contribution in [-0.2, 0) is 0 Å². The summed E-state index contributed by atoms with van der Waals surface area (Å²) in [5.74, 6) is 0. The molecule has 0 unspecified atom stereocenters. The maximum absolute atomic E-state index is 4.05. The predicted octanol–water partition coefficient (Wildman–Crippen LogP) is 0.780. The Bertz CT molecular complexity index is 355. The van der Waals surface area contributed by atoms with Gasteiger partial charge in [0.2, 0.25) is 0 Å². The molecule has 2 aromatic rings. The van der Waals surface area contributed by atoms with Crippen molar-refractivity contribution in [1.82, 2.24) is 9.61 Å². The molecule has 4 heteroatoms. The molecule has 0 bridgehead atoms. The van der Waals surface area contributed by atoms with Crippen LogP contribution < -0.4 is 3.59 Å². The Morgan fingerprint density at radius 3 is 3.20 bits per heavy atom. The van der Waals surface area contributed by atoms with Crippen molar-refractivity contribution in [2.75, 3.05) is 0 Å². The van der Waals surface area contributed by atoms with Crippen LogP contribution in [0.5, 0.6) is 0 Å². The molecule has 2 heterocycles. The number of halogens is 1. The van der Waals surface area contributed by atoms with Gasteiger partial charge in [-0.3, -0.25) is 0 Å². The Hall–Kier alpha value is -0.900.